The van der Waals surface area contributed by atoms with Gasteiger partial charge in [0.25, 0.3) is 5.56 Å². The van der Waals surface area contributed by atoms with Crippen molar-refractivity contribution in [1.29, 1.82) is 0 Å². The van der Waals surface area contributed by atoms with Gasteiger partial charge < -0.3 is 20.0 Å². The summed E-state index contributed by atoms with van der Waals surface area (Å²) in [5, 5.41) is 13.1. The van der Waals surface area contributed by atoms with Crippen molar-refractivity contribution >= 4 is 16.8 Å². The minimum absolute atomic E-state index is 0.0311. The van der Waals surface area contributed by atoms with E-state index in [1.54, 1.807) is 24.3 Å². The molecule has 3 rings (SSSR count). The lowest BCUT2D eigenvalue weighted by molar-refractivity contribution is -0.272. The summed E-state index contributed by atoms with van der Waals surface area (Å²) in [6, 6.07) is 6.87. The van der Waals surface area contributed by atoms with Gasteiger partial charge in [-0.05, 0) is 18.6 Å². The molecule has 1 unspecified atom stereocenters. The molecule has 3 aromatic rings. The highest BCUT2D eigenvalue weighted by atomic mass is 19.4. The fourth-order valence-electron chi connectivity index (χ4n) is 3.29. The Hall–Kier alpha value is -3.21. The van der Waals surface area contributed by atoms with Crippen LogP contribution in [0.5, 0.6) is 0 Å². The molecule has 0 aliphatic carbocycles. The summed E-state index contributed by atoms with van der Waals surface area (Å²) in [5.74, 6) is -0.578. The lowest BCUT2D eigenvalue weighted by Gasteiger charge is -2.29. The van der Waals surface area contributed by atoms with Gasteiger partial charge in [-0.2, -0.15) is 13.2 Å². The SMILES string of the molecule is Cn1ccnc1C(O)(CCNC(=O)CCCc1nc2ccccc2c(=O)[nH]1)C(F)(F)F. The summed E-state index contributed by atoms with van der Waals surface area (Å²) in [6.45, 7) is -0.382. The summed E-state index contributed by atoms with van der Waals surface area (Å²) in [4.78, 5) is 34.7. The first-order valence-electron chi connectivity index (χ1n) is 9.63. The number of amides is 1. The minimum atomic E-state index is -4.95. The lowest BCUT2D eigenvalue weighted by Crippen LogP contribution is -2.46. The maximum atomic E-state index is 13.5. The van der Waals surface area contributed by atoms with E-state index in [1.165, 1.54) is 13.2 Å². The number of aromatic amines is 1. The quantitative estimate of drug-likeness (QED) is 0.499. The van der Waals surface area contributed by atoms with Crippen molar-refractivity contribution in [2.24, 2.45) is 7.05 Å². The Morgan fingerprint density at radius 1 is 1.29 bits per heavy atom. The third-order valence-corrected chi connectivity index (χ3v) is 4.95. The van der Waals surface area contributed by atoms with E-state index in [2.05, 4.69) is 20.3 Å². The van der Waals surface area contributed by atoms with Crippen molar-refractivity contribution in [3.63, 3.8) is 0 Å². The number of aryl methyl sites for hydroxylation is 2. The number of alkyl halides is 3. The monoisotopic (exact) mass is 437 g/mol. The van der Waals surface area contributed by atoms with Gasteiger partial charge in [0, 0.05) is 45.2 Å². The molecule has 1 amide bonds. The van der Waals surface area contributed by atoms with Crippen LogP contribution in [0.25, 0.3) is 10.9 Å². The molecule has 1 aromatic carbocycles. The number of imidazole rings is 1. The van der Waals surface area contributed by atoms with Crippen LogP contribution in [0.2, 0.25) is 0 Å². The number of carbonyl (C=O) groups is 1. The number of nitrogens with zero attached hydrogens (tertiary/aromatic N) is 3. The van der Waals surface area contributed by atoms with Crippen molar-refractivity contribution < 1.29 is 23.1 Å². The number of aliphatic hydroxyl groups is 1. The van der Waals surface area contributed by atoms with Crippen molar-refractivity contribution in [1.82, 2.24) is 24.8 Å². The smallest absolute Gasteiger partial charge is 0.374 e. The molecule has 2 aromatic heterocycles. The predicted molar refractivity (Wildman–Crippen MR) is 106 cm³/mol. The Morgan fingerprint density at radius 3 is 2.71 bits per heavy atom. The van der Waals surface area contributed by atoms with Gasteiger partial charge in [0.05, 0.1) is 10.9 Å². The second kappa shape index (κ2) is 8.88. The molecule has 8 nitrogen and oxygen atoms in total. The Labute approximate surface area is 175 Å². The van der Waals surface area contributed by atoms with Crippen molar-refractivity contribution in [3.05, 3.63) is 58.7 Å². The molecule has 0 bridgehead atoms. The molecule has 3 N–H and O–H groups in total. The van der Waals surface area contributed by atoms with Gasteiger partial charge in [-0.15, -0.1) is 0 Å². The number of hydrogen-bond donors (Lipinski definition) is 3. The molecule has 0 saturated carbocycles. The zero-order chi connectivity index (χ0) is 22.6. The topological polar surface area (TPSA) is 113 Å². The molecule has 11 heteroatoms. The van der Waals surface area contributed by atoms with Gasteiger partial charge in [0.1, 0.15) is 11.6 Å². The van der Waals surface area contributed by atoms with Crippen LogP contribution in [0.1, 0.15) is 30.9 Å². The van der Waals surface area contributed by atoms with Crippen molar-refractivity contribution in [3.8, 4) is 0 Å². The molecule has 166 valence electrons. The second-order valence-electron chi connectivity index (χ2n) is 7.20. The average molecular weight is 437 g/mol. The maximum Gasteiger partial charge on any atom is 0.424 e. The number of carbonyl (C=O) groups excluding carboxylic acids is 1. The van der Waals surface area contributed by atoms with E-state index in [4.69, 9.17) is 0 Å². The Morgan fingerprint density at radius 2 is 2.03 bits per heavy atom. The van der Waals surface area contributed by atoms with Crippen LogP contribution in [-0.4, -0.2) is 43.3 Å². The normalized spacial score (nSPS) is 13.8. The maximum absolute atomic E-state index is 13.5. The largest absolute Gasteiger partial charge is 0.424 e. The summed E-state index contributed by atoms with van der Waals surface area (Å²) >= 11 is 0. The Kier molecular flexibility index (Phi) is 6.44. The van der Waals surface area contributed by atoms with Gasteiger partial charge in [0.2, 0.25) is 11.5 Å². The number of para-hydroxylation sites is 1. The van der Waals surface area contributed by atoms with Crippen LogP contribution < -0.4 is 10.9 Å². The van der Waals surface area contributed by atoms with Gasteiger partial charge in [-0.25, -0.2) is 9.97 Å². The number of aromatic nitrogens is 4. The zero-order valence-electron chi connectivity index (χ0n) is 16.7. The van der Waals surface area contributed by atoms with Crippen LogP contribution in [0, 0.1) is 0 Å². The van der Waals surface area contributed by atoms with E-state index < -0.39 is 29.9 Å². The van der Waals surface area contributed by atoms with Gasteiger partial charge in [0.15, 0.2) is 0 Å². The van der Waals surface area contributed by atoms with E-state index >= 15 is 0 Å². The van der Waals surface area contributed by atoms with Crippen LogP contribution in [-0.2, 0) is 23.9 Å². The number of rotatable bonds is 8. The molecule has 31 heavy (non-hydrogen) atoms. The highest BCUT2D eigenvalue weighted by Gasteiger charge is 2.57. The second-order valence-corrected chi connectivity index (χ2v) is 7.20. The fourth-order valence-corrected chi connectivity index (χ4v) is 3.29. The van der Waals surface area contributed by atoms with E-state index in [0.717, 1.165) is 10.8 Å². The number of benzene rings is 1. The third-order valence-electron chi connectivity index (χ3n) is 4.95. The molecule has 0 aliphatic rings. The van der Waals surface area contributed by atoms with E-state index in [-0.39, 0.29) is 18.5 Å². The number of fused-ring (bicyclic) bond motifs is 1. The Bertz CT molecular complexity index is 1120. The minimum Gasteiger partial charge on any atom is -0.374 e. The molecule has 0 spiro atoms. The Balaban J connectivity index is 1.52. The third kappa shape index (κ3) is 4.93. The summed E-state index contributed by atoms with van der Waals surface area (Å²) in [6.07, 6.45) is -2.56. The first-order chi connectivity index (χ1) is 14.6. The number of hydrogen-bond acceptors (Lipinski definition) is 5. The summed E-state index contributed by atoms with van der Waals surface area (Å²) in [7, 11) is 1.35. The first kappa shape index (κ1) is 22.5. The first-order valence-corrected chi connectivity index (χ1v) is 9.63. The molecule has 0 saturated heterocycles. The number of halogens is 3. The van der Waals surface area contributed by atoms with Crippen LogP contribution in [0.3, 0.4) is 0 Å². The van der Waals surface area contributed by atoms with Crippen LogP contribution >= 0.6 is 0 Å². The highest BCUT2D eigenvalue weighted by Crippen LogP contribution is 2.40. The zero-order valence-corrected chi connectivity index (χ0v) is 16.7. The van der Waals surface area contributed by atoms with Crippen LogP contribution in [0.15, 0.2) is 41.5 Å². The standard InChI is InChI=1S/C20H22F3N5O3/c1-28-12-11-25-18(28)19(31,20(21,22)23)9-10-24-16(29)8-4-7-15-26-14-6-3-2-5-13(14)17(30)27-15/h2-3,5-6,11-12,31H,4,7-10H2,1H3,(H,24,29)(H,26,27,30). The van der Waals surface area contributed by atoms with Crippen LogP contribution in [0.4, 0.5) is 13.2 Å². The van der Waals surface area contributed by atoms with E-state index in [1.807, 2.05) is 0 Å². The number of H-pyrrole nitrogens is 1. The average Bonchev–Trinajstić information content (AvgIpc) is 3.13. The molecule has 0 radical (unpaired) electrons. The number of nitrogens with one attached hydrogen (secondary N) is 2. The van der Waals surface area contributed by atoms with Crippen molar-refractivity contribution in [2.75, 3.05) is 6.54 Å². The van der Waals surface area contributed by atoms with Crippen molar-refractivity contribution in [2.45, 2.75) is 37.5 Å². The molecule has 0 aliphatic heterocycles. The molecule has 2 heterocycles. The fraction of sp³-hybridized carbons (Fsp3) is 0.400. The predicted octanol–water partition coefficient (Wildman–Crippen LogP) is 1.94. The van der Waals surface area contributed by atoms with E-state index in [0.29, 0.717) is 29.6 Å². The summed E-state index contributed by atoms with van der Waals surface area (Å²) < 4.78 is 41.5. The molecule has 1 atom stereocenters. The molecular weight excluding hydrogens is 415 g/mol. The van der Waals surface area contributed by atoms with Gasteiger partial charge in [-0.1, -0.05) is 12.1 Å². The van der Waals surface area contributed by atoms with Gasteiger partial charge in [-0.3, -0.25) is 9.59 Å². The molecule has 0 fully saturated rings. The molecular formula is C20H22F3N5O3. The van der Waals surface area contributed by atoms with E-state index in [9.17, 15) is 27.9 Å². The summed E-state index contributed by atoms with van der Waals surface area (Å²) in [5.41, 5.74) is -2.90. The highest BCUT2D eigenvalue weighted by molar-refractivity contribution is 5.77. The van der Waals surface area contributed by atoms with Gasteiger partial charge >= 0.3 is 6.18 Å². The lowest BCUT2D eigenvalue weighted by atomic mass is 9.97.